The lowest BCUT2D eigenvalue weighted by atomic mass is 9.90. The summed E-state index contributed by atoms with van der Waals surface area (Å²) in [6.07, 6.45) is 38.9. The van der Waals surface area contributed by atoms with Crippen LogP contribution in [0.1, 0.15) is 149 Å². The molecule has 1 rings (SSSR count). The molecule has 63 heavy (non-hydrogen) atoms. The number of nitrogens with zero attached hydrogens (tertiary/aromatic N) is 1. The summed E-state index contributed by atoms with van der Waals surface area (Å²) >= 11 is 0. The quantitative estimate of drug-likeness (QED) is 0.0177. The van der Waals surface area contributed by atoms with Gasteiger partial charge in [0, 0.05) is 31.1 Å². The van der Waals surface area contributed by atoms with E-state index in [0.717, 1.165) is 57.8 Å². The van der Waals surface area contributed by atoms with Crippen LogP contribution in [-0.2, 0) is 37.5 Å². The number of phosphoric ester groups is 1. The highest BCUT2D eigenvalue weighted by Crippen LogP contribution is 2.43. The first-order valence-corrected chi connectivity index (χ1v) is 25.3. The van der Waals surface area contributed by atoms with E-state index in [1.807, 2.05) is 33.3 Å². The topological polar surface area (TPSA) is 166 Å². The van der Waals surface area contributed by atoms with Gasteiger partial charge < -0.3 is 29.1 Å². The van der Waals surface area contributed by atoms with Gasteiger partial charge in [-0.1, -0.05) is 125 Å². The Morgan fingerprint density at radius 3 is 1.95 bits per heavy atom. The Labute approximate surface area is 380 Å². The van der Waals surface area contributed by atoms with Gasteiger partial charge in [-0.3, -0.25) is 23.4 Å². The fourth-order valence-electron chi connectivity index (χ4n) is 6.74. The zero-order valence-electron chi connectivity index (χ0n) is 39.5. The molecule has 0 aromatic heterocycles. The Balaban J connectivity index is 2.50. The summed E-state index contributed by atoms with van der Waals surface area (Å²) in [5.74, 6) is -1.81. The van der Waals surface area contributed by atoms with Gasteiger partial charge in [0.2, 0.25) is 0 Å². The Hall–Kier alpha value is -2.96. The number of rotatable bonds is 38. The van der Waals surface area contributed by atoms with Gasteiger partial charge in [0.05, 0.1) is 40.0 Å². The van der Waals surface area contributed by atoms with Crippen LogP contribution in [-0.4, -0.2) is 103 Å². The van der Waals surface area contributed by atoms with Crippen LogP contribution in [0.2, 0.25) is 0 Å². The van der Waals surface area contributed by atoms with Crippen molar-refractivity contribution >= 4 is 25.5 Å². The van der Waals surface area contributed by atoms with Crippen LogP contribution in [0.15, 0.2) is 72.9 Å². The van der Waals surface area contributed by atoms with Gasteiger partial charge in [-0.15, -0.1) is 0 Å². The van der Waals surface area contributed by atoms with Crippen molar-refractivity contribution in [3.8, 4) is 0 Å². The fraction of sp³-hybridized carbons (Fsp3) is 0.700. The van der Waals surface area contributed by atoms with Crippen molar-refractivity contribution in [3.05, 3.63) is 72.9 Å². The van der Waals surface area contributed by atoms with Gasteiger partial charge in [0.1, 0.15) is 25.5 Å². The predicted molar refractivity (Wildman–Crippen MR) is 253 cm³/mol. The molecule has 0 aromatic rings. The molecular formula is C50H85NO11P+. The third-order valence-corrected chi connectivity index (χ3v) is 11.6. The standard InChI is InChI=1S/C50H84NO11P/c1-6-8-10-11-12-13-14-15-16-17-18-19-20-21-22-23-24-25-30-34-49(55)59-41-44(42-61-63(57,58)60-39-38-51(3,4)5)62-50(56)35-31-27-26-29-33-45-46(48(54)40-47(45)53)37-36-43(52)32-28-9-7-2/h12-13,15-16,18-19,21-22,26,29,36-37,43-47,52-53H,6-11,14,17,20,23-25,27-28,30-35,38-42H2,1-5H3/p+1/b13-12-,16-15-,19-18-,22-21-,29-26-,37-36+/t43-,44+,45+,46+,47-/m0/s1. The van der Waals surface area contributed by atoms with E-state index in [-0.39, 0.29) is 44.2 Å². The zero-order valence-corrected chi connectivity index (χ0v) is 40.4. The molecule has 1 aliphatic carbocycles. The van der Waals surface area contributed by atoms with Crippen LogP contribution >= 0.6 is 7.82 Å². The van der Waals surface area contributed by atoms with Crippen LogP contribution in [0.25, 0.3) is 0 Å². The van der Waals surface area contributed by atoms with Gasteiger partial charge in [0.15, 0.2) is 6.10 Å². The molecule has 0 amide bonds. The number of aliphatic hydroxyl groups is 2. The van der Waals surface area contributed by atoms with E-state index in [0.29, 0.717) is 43.1 Å². The maximum Gasteiger partial charge on any atom is 0.472 e. The SMILES string of the molecule is CCCCC/C=C\C/C=C\C/C=C\C/C=C\CCCCCC(=O)OC[C@H](COP(=O)(O)OCC[N+](C)(C)C)OC(=O)CCC/C=C\C[C@H]1[C@@H](O)CC(=O)[C@@H]1/C=C/[C@@H](O)CCCCC. The van der Waals surface area contributed by atoms with Gasteiger partial charge >= 0.3 is 19.8 Å². The Morgan fingerprint density at radius 1 is 0.746 bits per heavy atom. The number of unbranched alkanes of at least 4 members (excludes halogenated alkanes) is 9. The maximum atomic E-state index is 12.8. The highest BCUT2D eigenvalue weighted by atomic mass is 31.2. The summed E-state index contributed by atoms with van der Waals surface area (Å²) in [5.41, 5.74) is 0. The second-order valence-corrected chi connectivity index (χ2v) is 19.0. The lowest BCUT2D eigenvalue weighted by Gasteiger charge is -2.24. The molecule has 0 spiro atoms. The Bertz CT molecular complexity index is 1460. The number of allylic oxidation sites excluding steroid dienone is 11. The molecule has 0 aliphatic heterocycles. The minimum absolute atomic E-state index is 0.0255. The molecule has 0 aromatic carbocycles. The fourth-order valence-corrected chi connectivity index (χ4v) is 7.48. The van der Waals surface area contributed by atoms with Crippen LogP contribution in [0, 0.1) is 11.8 Å². The molecule has 1 fully saturated rings. The molecule has 3 N–H and O–H groups in total. The van der Waals surface area contributed by atoms with Crippen molar-refractivity contribution in [1.29, 1.82) is 0 Å². The highest BCUT2D eigenvalue weighted by molar-refractivity contribution is 7.47. The zero-order chi connectivity index (χ0) is 46.6. The van der Waals surface area contributed by atoms with E-state index in [2.05, 4.69) is 62.5 Å². The first-order valence-electron chi connectivity index (χ1n) is 23.8. The third kappa shape index (κ3) is 33.2. The van der Waals surface area contributed by atoms with Gasteiger partial charge in [0.25, 0.3) is 0 Å². The molecule has 13 heteroatoms. The van der Waals surface area contributed by atoms with E-state index in [1.165, 1.54) is 25.7 Å². The number of hydrogen-bond acceptors (Lipinski definition) is 10. The number of carbonyl (C=O) groups excluding carboxylic acids is 3. The van der Waals surface area contributed by atoms with Crippen LogP contribution < -0.4 is 0 Å². The van der Waals surface area contributed by atoms with E-state index in [9.17, 15) is 34.1 Å². The average molecular weight is 907 g/mol. The van der Waals surface area contributed by atoms with Gasteiger partial charge in [-0.2, -0.15) is 0 Å². The van der Waals surface area contributed by atoms with Crippen molar-refractivity contribution in [3.63, 3.8) is 0 Å². The minimum atomic E-state index is -4.47. The van der Waals surface area contributed by atoms with Crippen molar-refractivity contribution < 1.29 is 57.1 Å². The number of quaternary nitrogens is 1. The molecule has 12 nitrogen and oxygen atoms in total. The van der Waals surface area contributed by atoms with Gasteiger partial charge in [-0.25, -0.2) is 4.57 Å². The van der Waals surface area contributed by atoms with Crippen molar-refractivity contribution in [2.45, 2.75) is 167 Å². The summed E-state index contributed by atoms with van der Waals surface area (Å²) in [5, 5.41) is 20.8. The number of aliphatic hydroxyl groups excluding tert-OH is 2. The molecular weight excluding hydrogens is 822 g/mol. The average Bonchev–Trinajstić information content (AvgIpc) is 3.50. The van der Waals surface area contributed by atoms with Gasteiger partial charge in [-0.05, 0) is 77.0 Å². The molecule has 360 valence electrons. The molecule has 0 saturated heterocycles. The number of esters is 2. The van der Waals surface area contributed by atoms with Crippen LogP contribution in [0.5, 0.6) is 0 Å². The molecule has 1 saturated carbocycles. The van der Waals surface area contributed by atoms with Crippen molar-refractivity contribution in [1.82, 2.24) is 0 Å². The van der Waals surface area contributed by atoms with Crippen LogP contribution in [0.4, 0.5) is 0 Å². The number of carbonyl (C=O) groups is 3. The highest BCUT2D eigenvalue weighted by Gasteiger charge is 2.39. The van der Waals surface area contributed by atoms with E-state index in [4.69, 9.17) is 18.5 Å². The number of phosphoric acid groups is 1. The molecule has 1 aliphatic rings. The Morgan fingerprint density at radius 2 is 1.32 bits per heavy atom. The lowest BCUT2D eigenvalue weighted by molar-refractivity contribution is -0.870. The summed E-state index contributed by atoms with van der Waals surface area (Å²) < 4.78 is 34.2. The minimum Gasteiger partial charge on any atom is -0.462 e. The molecule has 0 heterocycles. The Kier molecular flexibility index (Phi) is 33.4. The van der Waals surface area contributed by atoms with Crippen LogP contribution in [0.3, 0.4) is 0 Å². The van der Waals surface area contributed by atoms with Crippen molar-refractivity contribution in [2.75, 3.05) is 47.5 Å². The maximum absolute atomic E-state index is 12.8. The number of ether oxygens (including phenoxy) is 2. The van der Waals surface area contributed by atoms with E-state index >= 15 is 0 Å². The summed E-state index contributed by atoms with van der Waals surface area (Å²) in [6.45, 7) is 3.92. The molecule has 1 unspecified atom stereocenters. The second-order valence-electron chi connectivity index (χ2n) is 17.6. The van der Waals surface area contributed by atoms with E-state index < -0.39 is 50.6 Å². The van der Waals surface area contributed by atoms with Crippen molar-refractivity contribution in [2.24, 2.45) is 11.8 Å². The largest absolute Gasteiger partial charge is 0.472 e. The number of ketones is 1. The number of likely N-dealkylation sites (N-methyl/N-ethyl adjacent to an activating group) is 1. The number of hydrogen-bond donors (Lipinski definition) is 3. The lowest BCUT2D eigenvalue weighted by Crippen LogP contribution is -2.37. The third-order valence-electron chi connectivity index (χ3n) is 10.6. The summed E-state index contributed by atoms with van der Waals surface area (Å²) in [6, 6.07) is 0. The molecule has 6 atom stereocenters. The van der Waals surface area contributed by atoms with E-state index in [1.54, 1.807) is 12.2 Å². The number of Topliss-reactive ketones (excluding diaryl/α,β-unsaturated/α-hetero) is 1. The predicted octanol–water partition coefficient (Wildman–Crippen LogP) is 10.4. The monoisotopic (exact) mass is 907 g/mol. The summed E-state index contributed by atoms with van der Waals surface area (Å²) in [7, 11) is 1.28. The molecule has 0 bridgehead atoms. The first-order chi connectivity index (χ1) is 30.2. The smallest absolute Gasteiger partial charge is 0.462 e. The summed E-state index contributed by atoms with van der Waals surface area (Å²) in [4.78, 5) is 48.2. The first kappa shape index (κ1) is 58.1. The second kappa shape index (κ2) is 36.3. The normalized spacial score (nSPS) is 19.4. The molecule has 0 radical (unpaired) electrons.